The Labute approximate surface area is 91.2 Å². The molecule has 78 valence electrons. The smallest absolute Gasteiger partial charge is 0.0705 e. The Balaban J connectivity index is 2.70. The van der Waals surface area contributed by atoms with Crippen LogP contribution in [0.25, 0.3) is 10.9 Å². The number of benzene rings is 1. The van der Waals surface area contributed by atoms with Crippen molar-refractivity contribution in [1.29, 1.82) is 0 Å². The molecule has 1 aromatic carbocycles. The molecular weight excluding hydrogens is 182 g/mol. The maximum absolute atomic E-state index is 4.40. The first-order chi connectivity index (χ1) is 7.22. The molecule has 0 spiro atoms. The van der Waals surface area contributed by atoms with E-state index in [4.69, 9.17) is 0 Å². The molecule has 0 unspecified atom stereocenters. The maximum atomic E-state index is 4.40. The Morgan fingerprint density at radius 2 is 2.00 bits per heavy atom. The zero-order chi connectivity index (χ0) is 10.8. The van der Waals surface area contributed by atoms with Gasteiger partial charge in [-0.2, -0.15) is 0 Å². The zero-order valence-corrected chi connectivity index (χ0v) is 9.62. The number of aryl methyl sites for hydroxylation is 1. The summed E-state index contributed by atoms with van der Waals surface area (Å²) in [4.78, 5) is 4.40. The molecule has 0 aliphatic heterocycles. The summed E-state index contributed by atoms with van der Waals surface area (Å²) >= 11 is 0. The maximum Gasteiger partial charge on any atom is 0.0705 e. The molecule has 2 rings (SSSR count). The van der Waals surface area contributed by atoms with Crippen molar-refractivity contribution in [2.45, 2.75) is 33.1 Å². The van der Waals surface area contributed by atoms with Gasteiger partial charge in [-0.25, -0.2) is 0 Å². The van der Waals surface area contributed by atoms with Crippen LogP contribution in [0.5, 0.6) is 0 Å². The van der Waals surface area contributed by atoms with Crippen molar-refractivity contribution < 1.29 is 0 Å². The first-order valence-electron chi connectivity index (χ1n) is 5.60. The standard InChI is InChI=1S/C14H17N/c1-4-11-5-6-14-13(9-11)12(10(2)3)7-8-15-14/h5-10H,4H2,1-3H3. The third-order valence-corrected chi connectivity index (χ3v) is 2.87. The highest BCUT2D eigenvalue weighted by atomic mass is 14.6. The van der Waals surface area contributed by atoms with Crippen LogP contribution in [-0.2, 0) is 6.42 Å². The van der Waals surface area contributed by atoms with Gasteiger partial charge in [-0.3, -0.25) is 4.98 Å². The van der Waals surface area contributed by atoms with Gasteiger partial charge in [-0.05, 0) is 41.7 Å². The summed E-state index contributed by atoms with van der Waals surface area (Å²) in [5.74, 6) is 0.558. The summed E-state index contributed by atoms with van der Waals surface area (Å²) in [6, 6.07) is 8.70. The van der Waals surface area contributed by atoms with Crippen LogP contribution in [0.3, 0.4) is 0 Å². The molecule has 0 aliphatic carbocycles. The molecule has 15 heavy (non-hydrogen) atoms. The minimum absolute atomic E-state index is 0.558. The van der Waals surface area contributed by atoms with Gasteiger partial charge in [0.1, 0.15) is 0 Å². The number of hydrogen-bond acceptors (Lipinski definition) is 1. The zero-order valence-electron chi connectivity index (χ0n) is 9.62. The van der Waals surface area contributed by atoms with Crippen LogP contribution in [0.4, 0.5) is 0 Å². The van der Waals surface area contributed by atoms with E-state index in [0.717, 1.165) is 11.9 Å². The summed E-state index contributed by atoms with van der Waals surface area (Å²) in [5, 5.41) is 1.31. The summed E-state index contributed by atoms with van der Waals surface area (Å²) in [6.45, 7) is 6.65. The van der Waals surface area contributed by atoms with Crippen molar-refractivity contribution in [3.8, 4) is 0 Å². The molecule has 1 nitrogen and oxygen atoms in total. The molecule has 2 aromatic rings. The lowest BCUT2D eigenvalue weighted by atomic mass is 9.97. The van der Waals surface area contributed by atoms with Crippen molar-refractivity contribution in [3.05, 3.63) is 41.6 Å². The number of pyridine rings is 1. The predicted molar refractivity (Wildman–Crippen MR) is 65.2 cm³/mol. The lowest BCUT2D eigenvalue weighted by Crippen LogP contribution is -1.92. The fourth-order valence-corrected chi connectivity index (χ4v) is 1.94. The lowest BCUT2D eigenvalue weighted by Gasteiger charge is -2.10. The van der Waals surface area contributed by atoms with Crippen molar-refractivity contribution >= 4 is 10.9 Å². The minimum atomic E-state index is 0.558. The summed E-state index contributed by atoms with van der Waals surface area (Å²) in [7, 11) is 0. The molecule has 1 aromatic heterocycles. The quantitative estimate of drug-likeness (QED) is 0.714. The van der Waals surface area contributed by atoms with Crippen LogP contribution >= 0.6 is 0 Å². The van der Waals surface area contributed by atoms with E-state index in [-0.39, 0.29) is 0 Å². The van der Waals surface area contributed by atoms with Crippen LogP contribution < -0.4 is 0 Å². The molecule has 0 atom stereocenters. The molecule has 0 saturated carbocycles. The molecule has 0 saturated heterocycles. The van der Waals surface area contributed by atoms with Crippen molar-refractivity contribution in [3.63, 3.8) is 0 Å². The summed E-state index contributed by atoms with van der Waals surface area (Å²) < 4.78 is 0. The van der Waals surface area contributed by atoms with Crippen LogP contribution in [0.15, 0.2) is 30.5 Å². The normalized spacial score (nSPS) is 11.2. The number of rotatable bonds is 2. The number of aromatic nitrogens is 1. The van der Waals surface area contributed by atoms with Crippen LogP contribution in [0, 0.1) is 0 Å². The minimum Gasteiger partial charge on any atom is -0.256 e. The number of nitrogens with zero attached hydrogens (tertiary/aromatic N) is 1. The molecule has 0 aliphatic rings. The van der Waals surface area contributed by atoms with Gasteiger partial charge in [-0.1, -0.05) is 26.8 Å². The van der Waals surface area contributed by atoms with Crippen molar-refractivity contribution in [2.75, 3.05) is 0 Å². The Morgan fingerprint density at radius 1 is 1.20 bits per heavy atom. The van der Waals surface area contributed by atoms with Crippen LogP contribution in [-0.4, -0.2) is 4.98 Å². The Kier molecular flexibility index (Phi) is 2.72. The first-order valence-corrected chi connectivity index (χ1v) is 5.60. The Morgan fingerprint density at radius 3 is 2.67 bits per heavy atom. The fraction of sp³-hybridized carbons (Fsp3) is 0.357. The lowest BCUT2D eigenvalue weighted by molar-refractivity contribution is 0.874. The average Bonchev–Trinajstić information content (AvgIpc) is 2.27. The van der Waals surface area contributed by atoms with Crippen molar-refractivity contribution in [1.82, 2.24) is 4.98 Å². The van der Waals surface area contributed by atoms with E-state index >= 15 is 0 Å². The van der Waals surface area contributed by atoms with Gasteiger partial charge < -0.3 is 0 Å². The summed E-state index contributed by atoms with van der Waals surface area (Å²) in [6.07, 6.45) is 2.99. The Hall–Kier alpha value is -1.37. The van der Waals surface area contributed by atoms with Crippen molar-refractivity contribution in [2.24, 2.45) is 0 Å². The second kappa shape index (κ2) is 4.01. The molecular formula is C14H17N. The Bertz CT molecular complexity index is 472. The van der Waals surface area contributed by atoms with E-state index in [2.05, 4.69) is 50.0 Å². The molecule has 0 fully saturated rings. The van der Waals surface area contributed by atoms with E-state index in [1.165, 1.54) is 16.5 Å². The van der Waals surface area contributed by atoms with E-state index in [1.54, 1.807) is 0 Å². The monoisotopic (exact) mass is 199 g/mol. The van der Waals surface area contributed by atoms with Gasteiger partial charge in [0.25, 0.3) is 0 Å². The molecule has 0 N–H and O–H groups in total. The van der Waals surface area contributed by atoms with E-state index in [1.807, 2.05) is 6.20 Å². The topological polar surface area (TPSA) is 12.9 Å². The van der Waals surface area contributed by atoms with Gasteiger partial charge in [0.05, 0.1) is 5.52 Å². The largest absolute Gasteiger partial charge is 0.256 e. The predicted octanol–water partition coefficient (Wildman–Crippen LogP) is 3.92. The second-order valence-electron chi connectivity index (χ2n) is 4.26. The van der Waals surface area contributed by atoms with Gasteiger partial charge in [-0.15, -0.1) is 0 Å². The molecule has 0 bridgehead atoms. The van der Waals surface area contributed by atoms with E-state index < -0.39 is 0 Å². The fourth-order valence-electron chi connectivity index (χ4n) is 1.94. The SMILES string of the molecule is CCc1ccc2nccc(C(C)C)c2c1. The molecule has 0 radical (unpaired) electrons. The van der Waals surface area contributed by atoms with Gasteiger partial charge >= 0.3 is 0 Å². The second-order valence-corrected chi connectivity index (χ2v) is 4.26. The third-order valence-electron chi connectivity index (χ3n) is 2.87. The van der Waals surface area contributed by atoms with E-state index in [0.29, 0.717) is 5.92 Å². The van der Waals surface area contributed by atoms with Crippen LogP contribution in [0.1, 0.15) is 37.8 Å². The summed E-state index contributed by atoms with van der Waals surface area (Å²) in [5.41, 5.74) is 3.89. The highest BCUT2D eigenvalue weighted by Gasteiger charge is 2.05. The van der Waals surface area contributed by atoms with Gasteiger partial charge in [0.15, 0.2) is 0 Å². The van der Waals surface area contributed by atoms with Gasteiger partial charge in [0.2, 0.25) is 0 Å². The number of hydrogen-bond donors (Lipinski definition) is 0. The highest BCUT2D eigenvalue weighted by Crippen LogP contribution is 2.24. The highest BCUT2D eigenvalue weighted by molar-refractivity contribution is 5.83. The molecule has 1 heterocycles. The van der Waals surface area contributed by atoms with E-state index in [9.17, 15) is 0 Å². The van der Waals surface area contributed by atoms with Crippen LogP contribution in [0.2, 0.25) is 0 Å². The third kappa shape index (κ3) is 1.87. The first kappa shape index (κ1) is 10.2. The van der Waals surface area contributed by atoms with Gasteiger partial charge in [0, 0.05) is 11.6 Å². The molecule has 1 heteroatoms. The average molecular weight is 199 g/mol. The molecule has 0 amide bonds. The number of fused-ring (bicyclic) bond motifs is 1.